The van der Waals surface area contributed by atoms with E-state index in [1.807, 2.05) is 19.9 Å². The van der Waals surface area contributed by atoms with E-state index < -0.39 is 82.0 Å². The Labute approximate surface area is 344 Å². The zero-order valence-electron chi connectivity index (χ0n) is 35.8. The Morgan fingerprint density at radius 3 is 2.29 bits per heavy atom. The minimum atomic E-state index is -0.907. The third kappa shape index (κ3) is 9.74. The molecule has 0 radical (unpaired) electrons. The second-order valence-corrected chi connectivity index (χ2v) is 19.5. The number of allylic oxidation sites excluding steroid dienone is 1. The molecule has 12 unspecified atom stereocenters. The molecule has 12 atom stereocenters. The van der Waals surface area contributed by atoms with Crippen LogP contribution in [0.15, 0.2) is 12.2 Å². The van der Waals surface area contributed by atoms with Crippen LogP contribution in [-0.2, 0) is 48.0 Å². The molecule has 2 N–H and O–H groups in total. The molecule has 0 aromatic carbocycles. The number of carbonyl (C=O) groups is 6. The van der Waals surface area contributed by atoms with E-state index in [-0.39, 0.29) is 42.4 Å². The molecule has 0 aromatic heterocycles. The van der Waals surface area contributed by atoms with Gasteiger partial charge in [-0.3, -0.25) is 28.8 Å². The molecule has 5 rings (SSSR count). The molecule has 5 aliphatic rings. The van der Waals surface area contributed by atoms with Crippen molar-refractivity contribution in [1.82, 2.24) is 0 Å². The van der Waals surface area contributed by atoms with E-state index in [1.165, 1.54) is 0 Å². The number of esters is 4. The predicted octanol–water partition coefficient (Wildman–Crippen LogP) is 9.02. The van der Waals surface area contributed by atoms with Crippen molar-refractivity contribution < 1.29 is 58.2 Å². The Kier molecular flexibility index (Phi) is 15.5. The van der Waals surface area contributed by atoms with Crippen molar-refractivity contribution in [3.8, 4) is 0 Å². The summed E-state index contributed by atoms with van der Waals surface area (Å²) in [5, 5.41) is 19.5. The number of carboxylic acids is 2. The van der Waals surface area contributed by atoms with Crippen molar-refractivity contribution in [2.75, 3.05) is 0 Å². The largest absolute Gasteiger partial charge is 0.481 e. The highest BCUT2D eigenvalue weighted by Crippen LogP contribution is 2.69. The first-order chi connectivity index (χ1) is 27.5. The SMILES string of the molecule is CCCCC/C=C/C(CC(CCCCCCCC(=O)O)C1CC(=O)OC1=O)OOC1C(C(C)C)C(C)C2C(=O)OC(=O)C2C12CCC1C(C)(CCCC1(C)C(=O)O)C2. The summed E-state index contributed by atoms with van der Waals surface area (Å²) in [5.41, 5.74) is -2.19. The number of unbranched alkanes of at least 4 members (excludes halogenated alkanes) is 7. The van der Waals surface area contributed by atoms with Gasteiger partial charge < -0.3 is 19.7 Å². The van der Waals surface area contributed by atoms with E-state index in [2.05, 4.69) is 33.8 Å². The highest BCUT2D eigenvalue weighted by molar-refractivity contribution is 5.97. The average molecular weight is 815 g/mol. The van der Waals surface area contributed by atoms with Crippen LogP contribution in [0.25, 0.3) is 0 Å². The third-order valence-electron chi connectivity index (χ3n) is 15.3. The summed E-state index contributed by atoms with van der Waals surface area (Å²) in [4.78, 5) is 90.1. The quantitative estimate of drug-likeness (QED) is 0.0281. The number of rotatable bonds is 21. The maximum atomic E-state index is 13.9. The summed E-state index contributed by atoms with van der Waals surface area (Å²) in [5.74, 6) is -6.46. The number of cyclic esters (lactones) is 4. The fraction of sp³-hybridized carbons (Fsp3) is 0.826. The van der Waals surface area contributed by atoms with Gasteiger partial charge in [-0.25, -0.2) is 9.78 Å². The number of ether oxygens (including phenoxy) is 2. The lowest BCUT2D eigenvalue weighted by atomic mass is 9.40. The molecule has 58 heavy (non-hydrogen) atoms. The smallest absolute Gasteiger partial charge is 0.318 e. The molecule has 3 saturated carbocycles. The molecule has 0 amide bonds. The standard InChI is InChI=1S/C46H70O12/c1-7-8-9-11-15-19-31(25-30(32-26-35(49)55-40(32)50)18-14-12-10-13-16-20-34(47)48)57-58-39-36(28(2)3)29(4)37-38(42(52)56-41(37)51)46(39)24-21-33-44(5,27-46)22-17-23-45(33,6)43(53)54/h15,19,28-33,36-39H,7-14,16-18,20-27H2,1-6H3,(H,47,48)(H,53,54)/b19-15+. The molecule has 2 aliphatic heterocycles. The van der Waals surface area contributed by atoms with E-state index >= 15 is 0 Å². The molecule has 3 aliphatic carbocycles. The minimum Gasteiger partial charge on any atom is -0.481 e. The second kappa shape index (κ2) is 19.5. The van der Waals surface area contributed by atoms with E-state index in [4.69, 9.17) is 24.4 Å². The second-order valence-electron chi connectivity index (χ2n) is 19.5. The minimum absolute atomic E-state index is 0.00278. The van der Waals surface area contributed by atoms with Gasteiger partial charge in [-0.2, -0.15) is 0 Å². The van der Waals surface area contributed by atoms with Gasteiger partial charge in [-0.1, -0.05) is 91.7 Å². The van der Waals surface area contributed by atoms with Gasteiger partial charge in [0.05, 0.1) is 29.6 Å². The van der Waals surface area contributed by atoms with Crippen LogP contribution in [0.1, 0.15) is 164 Å². The van der Waals surface area contributed by atoms with Gasteiger partial charge >= 0.3 is 35.8 Å². The summed E-state index contributed by atoms with van der Waals surface area (Å²) in [6, 6.07) is 0. The highest BCUT2D eigenvalue weighted by Gasteiger charge is 2.71. The number of aliphatic carboxylic acids is 2. The van der Waals surface area contributed by atoms with E-state index in [0.29, 0.717) is 44.9 Å². The Morgan fingerprint density at radius 2 is 1.64 bits per heavy atom. The van der Waals surface area contributed by atoms with Gasteiger partial charge in [0.2, 0.25) is 0 Å². The first-order valence-electron chi connectivity index (χ1n) is 22.4. The van der Waals surface area contributed by atoms with E-state index in [9.17, 15) is 33.9 Å². The van der Waals surface area contributed by atoms with Crippen molar-refractivity contribution >= 4 is 35.8 Å². The van der Waals surface area contributed by atoms with Crippen LogP contribution in [0.5, 0.6) is 0 Å². The van der Waals surface area contributed by atoms with Crippen molar-refractivity contribution in [2.45, 2.75) is 176 Å². The van der Waals surface area contributed by atoms with Crippen LogP contribution in [0, 0.1) is 63.6 Å². The van der Waals surface area contributed by atoms with Crippen LogP contribution < -0.4 is 0 Å². The monoisotopic (exact) mass is 814 g/mol. The Hall–Kier alpha value is -3.12. The fourth-order valence-electron chi connectivity index (χ4n) is 12.6. The normalized spacial score (nSPS) is 35.9. The van der Waals surface area contributed by atoms with Gasteiger partial charge in [0.25, 0.3) is 0 Å². The molecule has 0 aromatic rings. The number of fused-ring (bicyclic) bond motifs is 3. The average Bonchev–Trinajstić information content (AvgIpc) is 3.65. The van der Waals surface area contributed by atoms with E-state index in [0.717, 1.165) is 64.2 Å². The molecule has 2 saturated heterocycles. The molecule has 0 bridgehead atoms. The van der Waals surface area contributed by atoms with Crippen LogP contribution in [-0.4, -0.2) is 58.2 Å². The number of carboxylic acid groups (broad SMARTS) is 2. The zero-order chi connectivity index (χ0) is 42.4. The van der Waals surface area contributed by atoms with Crippen molar-refractivity contribution in [2.24, 2.45) is 63.6 Å². The lowest BCUT2D eigenvalue weighted by molar-refractivity contribution is -0.393. The Morgan fingerprint density at radius 1 is 0.914 bits per heavy atom. The molecular weight excluding hydrogens is 744 g/mol. The van der Waals surface area contributed by atoms with Crippen LogP contribution >= 0.6 is 0 Å². The molecule has 2 heterocycles. The van der Waals surface area contributed by atoms with Gasteiger partial charge in [-0.15, -0.1) is 0 Å². The first kappa shape index (κ1) is 46.0. The predicted molar refractivity (Wildman–Crippen MR) is 213 cm³/mol. The number of carbonyl (C=O) groups excluding carboxylic acids is 4. The van der Waals surface area contributed by atoms with E-state index in [1.54, 1.807) is 0 Å². The summed E-state index contributed by atoms with van der Waals surface area (Å²) < 4.78 is 10.5. The maximum absolute atomic E-state index is 13.9. The number of hydrogen-bond donors (Lipinski definition) is 2. The van der Waals surface area contributed by atoms with Crippen molar-refractivity contribution in [1.29, 1.82) is 0 Å². The summed E-state index contributed by atoms with van der Waals surface area (Å²) in [6.07, 6.45) is 15.7. The molecule has 12 heteroatoms. The summed E-state index contributed by atoms with van der Waals surface area (Å²) in [6.45, 7) is 12.4. The van der Waals surface area contributed by atoms with Gasteiger partial charge in [0.15, 0.2) is 0 Å². The Balaban J connectivity index is 1.46. The highest BCUT2D eigenvalue weighted by atomic mass is 17.2. The molecule has 326 valence electrons. The van der Waals surface area contributed by atoms with Crippen LogP contribution in [0.2, 0.25) is 0 Å². The number of hydrogen-bond acceptors (Lipinski definition) is 10. The van der Waals surface area contributed by atoms with Gasteiger partial charge in [0.1, 0.15) is 12.2 Å². The lowest BCUT2D eigenvalue weighted by Gasteiger charge is -2.63. The maximum Gasteiger partial charge on any atom is 0.318 e. The third-order valence-corrected chi connectivity index (χ3v) is 15.3. The molecular formula is C46H70O12. The fourth-order valence-corrected chi connectivity index (χ4v) is 12.6. The van der Waals surface area contributed by atoms with Gasteiger partial charge in [0, 0.05) is 11.8 Å². The molecule has 12 nitrogen and oxygen atoms in total. The molecule has 1 spiro atoms. The van der Waals surface area contributed by atoms with Crippen LogP contribution in [0.4, 0.5) is 0 Å². The van der Waals surface area contributed by atoms with Crippen molar-refractivity contribution in [3.05, 3.63) is 12.2 Å². The zero-order valence-corrected chi connectivity index (χ0v) is 35.8. The summed E-state index contributed by atoms with van der Waals surface area (Å²) in [7, 11) is 0. The topological polar surface area (TPSA) is 180 Å². The summed E-state index contributed by atoms with van der Waals surface area (Å²) >= 11 is 0. The van der Waals surface area contributed by atoms with Crippen LogP contribution in [0.3, 0.4) is 0 Å². The lowest BCUT2D eigenvalue weighted by Crippen LogP contribution is -2.64. The molecule has 5 fully saturated rings. The Bertz CT molecular complexity index is 1540. The first-order valence-corrected chi connectivity index (χ1v) is 22.4. The van der Waals surface area contributed by atoms with Crippen molar-refractivity contribution in [3.63, 3.8) is 0 Å². The van der Waals surface area contributed by atoms with Gasteiger partial charge in [-0.05, 0) is 106 Å².